The SMILES string of the molecule is CN=C(NN(Cc1ccccc1)Nc1c(-c2cccc([Si]c3ccccc3)c2)ccc2c1oc1ccccc12)c1ccccc1. The molecule has 0 aliphatic carbocycles. The number of hydrogen-bond donors (Lipinski definition) is 2. The van der Waals surface area contributed by atoms with Crippen LogP contribution in [0.3, 0.4) is 0 Å². The van der Waals surface area contributed by atoms with E-state index in [2.05, 4.69) is 131 Å². The molecule has 1 aromatic heterocycles. The highest BCUT2D eigenvalue weighted by Crippen LogP contribution is 2.40. The minimum atomic E-state index is 0.563. The highest BCUT2D eigenvalue weighted by atomic mass is 28.2. The second-order valence-corrected chi connectivity index (χ2v) is 12.2. The molecule has 218 valence electrons. The number of nitrogens with zero attached hydrogens (tertiary/aromatic N) is 2. The van der Waals surface area contributed by atoms with Crippen molar-refractivity contribution in [2.45, 2.75) is 6.54 Å². The number of nitrogens with one attached hydrogen (secondary N) is 2. The van der Waals surface area contributed by atoms with Crippen molar-refractivity contribution in [2.75, 3.05) is 12.5 Å². The third-order valence-corrected chi connectivity index (χ3v) is 8.95. The summed E-state index contributed by atoms with van der Waals surface area (Å²) in [5.41, 5.74) is 14.2. The van der Waals surface area contributed by atoms with Gasteiger partial charge < -0.3 is 4.42 Å². The van der Waals surface area contributed by atoms with Crippen LogP contribution < -0.4 is 21.2 Å². The highest BCUT2D eigenvalue weighted by molar-refractivity contribution is 6.67. The molecule has 0 saturated heterocycles. The third-order valence-electron chi connectivity index (χ3n) is 7.72. The van der Waals surface area contributed by atoms with Gasteiger partial charge in [-0.25, -0.2) is 0 Å². The number of hydrogen-bond acceptors (Lipinski definition) is 4. The fraction of sp³-hybridized carbons (Fsp3) is 0.0513. The van der Waals surface area contributed by atoms with Gasteiger partial charge in [-0.3, -0.25) is 15.8 Å². The zero-order valence-corrected chi connectivity index (χ0v) is 25.9. The van der Waals surface area contributed by atoms with Gasteiger partial charge in [-0.1, -0.05) is 150 Å². The van der Waals surface area contributed by atoms with Gasteiger partial charge in [-0.15, -0.1) is 5.12 Å². The van der Waals surface area contributed by atoms with Gasteiger partial charge in [0.1, 0.15) is 26.6 Å². The summed E-state index contributed by atoms with van der Waals surface area (Å²) in [5.74, 6) is 0.753. The number of aliphatic imine (C=N–C) groups is 1. The molecule has 6 heteroatoms. The second-order valence-electron chi connectivity index (χ2n) is 10.8. The summed E-state index contributed by atoms with van der Waals surface area (Å²) in [5, 5.41) is 6.73. The van der Waals surface area contributed by atoms with Crippen molar-refractivity contribution in [3.05, 3.63) is 163 Å². The molecule has 6 aromatic carbocycles. The van der Waals surface area contributed by atoms with E-state index in [9.17, 15) is 0 Å². The van der Waals surface area contributed by atoms with Crippen LogP contribution in [0.1, 0.15) is 11.1 Å². The van der Waals surface area contributed by atoms with Crippen LogP contribution in [0.15, 0.2) is 161 Å². The number of rotatable bonds is 9. The Hall–Kier alpha value is -5.43. The first-order valence-electron chi connectivity index (χ1n) is 15.0. The minimum Gasteiger partial charge on any atom is -0.454 e. The molecule has 7 aromatic rings. The Kier molecular flexibility index (Phi) is 8.22. The number of para-hydroxylation sites is 1. The van der Waals surface area contributed by atoms with E-state index in [-0.39, 0.29) is 0 Å². The molecule has 2 N–H and O–H groups in total. The summed E-state index contributed by atoms with van der Waals surface area (Å²) in [6.07, 6.45) is 0. The normalized spacial score (nSPS) is 11.7. The molecule has 1 heterocycles. The van der Waals surface area contributed by atoms with E-state index < -0.39 is 0 Å². The van der Waals surface area contributed by atoms with Crippen molar-refractivity contribution in [1.29, 1.82) is 0 Å². The van der Waals surface area contributed by atoms with E-state index in [1.807, 2.05) is 41.5 Å². The smallest absolute Gasteiger partial charge is 0.160 e. The van der Waals surface area contributed by atoms with Crippen molar-refractivity contribution in [3.8, 4) is 11.1 Å². The summed E-state index contributed by atoms with van der Waals surface area (Å²) in [6.45, 7) is 0.568. The summed E-state index contributed by atoms with van der Waals surface area (Å²) in [7, 11) is 2.37. The van der Waals surface area contributed by atoms with Gasteiger partial charge in [0.15, 0.2) is 5.58 Å². The molecule has 0 saturated carbocycles. The van der Waals surface area contributed by atoms with Crippen LogP contribution >= 0.6 is 0 Å². The quantitative estimate of drug-likeness (QED) is 0.0789. The topological polar surface area (TPSA) is 52.8 Å². The lowest BCUT2D eigenvalue weighted by molar-refractivity contribution is 0.279. The number of hydrazine groups is 2. The molecule has 0 fully saturated rings. The first-order chi connectivity index (χ1) is 22.2. The van der Waals surface area contributed by atoms with Crippen molar-refractivity contribution in [3.63, 3.8) is 0 Å². The first kappa shape index (κ1) is 28.3. The van der Waals surface area contributed by atoms with Crippen molar-refractivity contribution in [2.24, 2.45) is 4.99 Å². The van der Waals surface area contributed by atoms with E-state index in [1.165, 1.54) is 10.4 Å². The second kappa shape index (κ2) is 13.1. The van der Waals surface area contributed by atoms with Gasteiger partial charge in [-0.05, 0) is 23.3 Å². The highest BCUT2D eigenvalue weighted by Gasteiger charge is 2.20. The molecule has 0 amide bonds. The van der Waals surface area contributed by atoms with E-state index in [1.54, 1.807) is 7.05 Å². The molecule has 7 rings (SSSR count). The van der Waals surface area contributed by atoms with Gasteiger partial charge in [0.25, 0.3) is 0 Å². The Morgan fingerprint density at radius 2 is 1.38 bits per heavy atom. The van der Waals surface area contributed by atoms with Crippen molar-refractivity contribution in [1.82, 2.24) is 10.5 Å². The van der Waals surface area contributed by atoms with E-state index in [0.29, 0.717) is 16.1 Å². The molecule has 0 unspecified atom stereocenters. The summed E-state index contributed by atoms with van der Waals surface area (Å²) in [4.78, 5) is 4.61. The van der Waals surface area contributed by atoms with Crippen LogP contribution in [0, 0.1) is 0 Å². The average molecular weight is 601 g/mol. The fourth-order valence-electron chi connectivity index (χ4n) is 5.57. The van der Waals surface area contributed by atoms with Crippen LogP contribution in [0.5, 0.6) is 0 Å². The molecule has 0 spiro atoms. The monoisotopic (exact) mass is 600 g/mol. The average Bonchev–Trinajstić information content (AvgIpc) is 3.48. The number of benzene rings is 6. The number of fused-ring (bicyclic) bond motifs is 3. The molecule has 0 atom stereocenters. The van der Waals surface area contributed by atoms with Gasteiger partial charge in [-0.2, -0.15) is 0 Å². The molecule has 0 bridgehead atoms. The molecule has 2 radical (unpaired) electrons. The maximum Gasteiger partial charge on any atom is 0.160 e. The molecule has 5 nitrogen and oxygen atoms in total. The Morgan fingerprint density at radius 1 is 0.689 bits per heavy atom. The molecule has 45 heavy (non-hydrogen) atoms. The van der Waals surface area contributed by atoms with Gasteiger partial charge >= 0.3 is 0 Å². The first-order valence-corrected chi connectivity index (χ1v) is 16.0. The van der Waals surface area contributed by atoms with E-state index >= 15 is 0 Å². The van der Waals surface area contributed by atoms with E-state index in [4.69, 9.17) is 4.42 Å². The van der Waals surface area contributed by atoms with Crippen molar-refractivity contribution >= 4 is 53.4 Å². The molecular formula is C39H32N4OSi. The van der Waals surface area contributed by atoms with Crippen LogP contribution in [0.25, 0.3) is 33.1 Å². The van der Waals surface area contributed by atoms with Crippen LogP contribution in [0.2, 0.25) is 0 Å². The standard InChI is InChI=1S/C39H32N4OSi/c1-40-39(29-16-7-3-8-17-29)42-43(27-28-14-5-2-6-15-28)41-37-33(24-25-35-34-22-11-12-23-36(34)44-38(35)37)30-18-13-21-32(26-30)45-31-19-9-4-10-20-31/h2-26,41H,27H2,1H3,(H,40,42). The molecule has 0 aliphatic rings. The Bertz CT molecular complexity index is 2080. The maximum atomic E-state index is 6.59. The molecule has 0 aliphatic heterocycles. The van der Waals surface area contributed by atoms with Gasteiger partial charge in [0.05, 0.1) is 6.54 Å². The van der Waals surface area contributed by atoms with Crippen LogP contribution in [-0.4, -0.2) is 27.5 Å². The predicted molar refractivity (Wildman–Crippen MR) is 188 cm³/mol. The summed E-state index contributed by atoms with van der Waals surface area (Å²) < 4.78 is 6.59. The van der Waals surface area contributed by atoms with Crippen LogP contribution in [0.4, 0.5) is 5.69 Å². The Morgan fingerprint density at radius 3 is 2.16 bits per heavy atom. The fourth-order valence-corrected chi connectivity index (χ4v) is 6.67. The number of anilines is 1. The largest absolute Gasteiger partial charge is 0.454 e. The maximum absolute atomic E-state index is 6.59. The van der Waals surface area contributed by atoms with Crippen molar-refractivity contribution < 1.29 is 4.42 Å². The minimum absolute atomic E-state index is 0.563. The zero-order valence-electron chi connectivity index (χ0n) is 24.9. The third kappa shape index (κ3) is 6.29. The number of furan rings is 1. The van der Waals surface area contributed by atoms with E-state index in [0.717, 1.165) is 55.7 Å². The summed E-state index contributed by atoms with van der Waals surface area (Å²) >= 11 is 0. The Balaban J connectivity index is 1.34. The molecular weight excluding hydrogens is 569 g/mol. The zero-order chi connectivity index (χ0) is 30.4. The predicted octanol–water partition coefficient (Wildman–Crippen LogP) is 7.32. The lowest BCUT2D eigenvalue weighted by atomic mass is 10.0. The van der Waals surface area contributed by atoms with Crippen LogP contribution in [-0.2, 0) is 6.54 Å². The number of amidine groups is 1. The lowest BCUT2D eigenvalue weighted by Gasteiger charge is -2.28. The summed E-state index contributed by atoms with van der Waals surface area (Å²) in [6, 6.07) is 52.6. The van der Waals surface area contributed by atoms with Gasteiger partial charge in [0.2, 0.25) is 0 Å². The van der Waals surface area contributed by atoms with Gasteiger partial charge in [0, 0.05) is 28.9 Å². The Labute approximate surface area is 265 Å². The lowest BCUT2D eigenvalue weighted by Crippen LogP contribution is -2.46.